The van der Waals surface area contributed by atoms with Crippen molar-refractivity contribution in [3.63, 3.8) is 0 Å². The molecular weight excluding hydrogens is 202 g/mol. The molecule has 0 saturated carbocycles. The van der Waals surface area contributed by atoms with Crippen molar-refractivity contribution in [1.82, 2.24) is 5.32 Å². The second-order valence-electron chi connectivity index (χ2n) is 3.57. The third-order valence-corrected chi connectivity index (χ3v) is 2.02. The van der Waals surface area contributed by atoms with Gasteiger partial charge >= 0.3 is 0 Å². The molecule has 16 heavy (non-hydrogen) atoms. The maximum atomic E-state index is 11.3. The molecule has 0 aromatic heterocycles. The zero-order valence-electron chi connectivity index (χ0n) is 11.0. The average molecular weight is 235 g/mol. The van der Waals surface area contributed by atoms with Crippen LogP contribution in [0.3, 0.4) is 0 Å². The van der Waals surface area contributed by atoms with Gasteiger partial charge in [-0.3, -0.25) is 4.79 Å². The summed E-state index contributed by atoms with van der Waals surface area (Å²) in [7, 11) is 0. The largest absolute Gasteiger partial charge is 0.401 e. The van der Waals surface area contributed by atoms with Crippen LogP contribution in [0.25, 0.3) is 0 Å². The lowest BCUT2D eigenvalue weighted by atomic mass is 10.1. The highest BCUT2D eigenvalue weighted by atomic mass is 16.2. The van der Waals surface area contributed by atoms with Crippen LogP contribution in [0, 0.1) is 0 Å². The standard InChI is InChI=1S/C10H21N3O.C2H6.3H2/c1-4-5-6-9(7(2)11)13-10(14)8(3)12;1-2;;;/h8-9H,2,4-6,11-12H2,1,3H3,(H,13,14);1-2H3;3*1H/t8-,9-;;;;/m0..../s1. The molecule has 0 spiro atoms. The summed E-state index contributed by atoms with van der Waals surface area (Å²) in [5.41, 5.74) is 11.5. The third kappa shape index (κ3) is 8.29. The summed E-state index contributed by atoms with van der Waals surface area (Å²) < 4.78 is 0. The predicted molar refractivity (Wildman–Crippen MR) is 76.1 cm³/mol. The molecule has 0 aliphatic heterocycles. The van der Waals surface area contributed by atoms with E-state index in [4.69, 9.17) is 11.5 Å². The maximum absolute atomic E-state index is 11.3. The van der Waals surface area contributed by atoms with Gasteiger partial charge in [0.15, 0.2) is 0 Å². The fourth-order valence-corrected chi connectivity index (χ4v) is 1.06. The molecule has 0 radical (unpaired) electrons. The fourth-order valence-electron chi connectivity index (χ4n) is 1.06. The number of rotatable bonds is 6. The Kier molecular flexibility index (Phi) is 11.4. The molecule has 102 valence electrons. The average Bonchev–Trinajstić information content (AvgIpc) is 2.26. The van der Waals surface area contributed by atoms with Gasteiger partial charge in [0.25, 0.3) is 0 Å². The van der Waals surface area contributed by atoms with E-state index in [0.29, 0.717) is 5.70 Å². The van der Waals surface area contributed by atoms with Gasteiger partial charge < -0.3 is 16.8 Å². The normalized spacial score (nSPS) is 13.1. The zero-order valence-corrected chi connectivity index (χ0v) is 11.0. The van der Waals surface area contributed by atoms with Gasteiger partial charge in [0.05, 0.1) is 12.1 Å². The second-order valence-corrected chi connectivity index (χ2v) is 3.57. The van der Waals surface area contributed by atoms with Crippen LogP contribution in [-0.4, -0.2) is 18.0 Å². The number of hydrogen-bond donors (Lipinski definition) is 3. The van der Waals surface area contributed by atoms with E-state index < -0.39 is 6.04 Å². The lowest BCUT2D eigenvalue weighted by molar-refractivity contribution is -0.122. The van der Waals surface area contributed by atoms with Gasteiger partial charge in [-0.2, -0.15) is 0 Å². The minimum atomic E-state index is -0.501. The predicted octanol–water partition coefficient (Wildman–Crippen LogP) is 2.25. The van der Waals surface area contributed by atoms with Crippen LogP contribution >= 0.6 is 0 Å². The smallest absolute Gasteiger partial charge is 0.237 e. The van der Waals surface area contributed by atoms with Gasteiger partial charge in [0, 0.05) is 9.98 Å². The van der Waals surface area contributed by atoms with Crippen molar-refractivity contribution in [1.29, 1.82) is 0 Å². The summed E-state index contributed by atoms with van der Waals surface area (Å²) in [5, 5.41) is 2.76. The summed E-state index contributed by atoms with van der Waals surface area (Å²) in [4.78, 5) is 11.3. The van der Waals surface area contributed by atoms with Crippen molar-refractivity contribution >= 4 is 5.91 Å². The van der Waals surface area contributed by atoms with Gasteiger partial charge in [0.2, 0.25) is 5.91 Å². The minimum absolute atomic E-state index is 0. The van der Waals surface area contributed by atoms with Crippen LogP contribution in [0.2, 0.25) is 0 Å². The SMILES string of the molecule is C=C(N)[C@H](CCCC)NC(=O)[C@H](C)N.CC.[HH].[HH].[HH]. The van der Waals surface area contributed by atoms with E-state index >= 15 is 0 Å². The Morgan fingerprint density at radius 1 is 1.50 bits per heavy atom. The number of nitrogens with two attached hydrogens (primary N) is 2. The van der Waals surface area contributed by atoms with E-state index in [2.05, 4.69) is 18.8 Å². The molecular formula is C12H33N3O. The summed E-state index contributed by atoms with van der Waals surface area (Å²) in [6, 6.07) is -0.646. The molecule has 4 heteroatoms. The lowest BCUT2D eigenvalue weighted by Gasteiger charge is -2.19. The Hall–Kier alpha value is -1.03. The van der Waals surface area contributed by atoms with Crippen LogP contribution in [0.15, 0.2) is 12.3 Å². The lowest BCUT2D eigenvalue weighted by Crippen LogP contribution is -2.45. The monoisotopic (exact) mass is 235 g/mol. The summed E-state index contributed by atoms with van der Waals surface area (Å²) >= 11 is 0. The summed E-state index contributed by atoms with van der Waals surface area (Å²) in [6.45, 7) is 11.4. The second kappa shape index (κ2) is 10.5. The Labute approximate surface area is 104 Å². The van der Waals surface area contributed by atoms with Crippen molar-refractivity contribution in [3.05, 3.63) is 12.3 Å². The molecule has 5 N–H and O–H groups in total. The molecule has 4 nitrogen and oxygen atoms in total. The van der Waals surface area contributed by atoms with E-state index in [1.54, 1.807) is 6.92 Å². The van der Waals surface area contributed by atoms with Crippen LogP contribution < -0.4 is 16.8 Å². The third-order valence-electron chi connectivity index (χ3n) is 2.02. The molecule has 0 fully saturated rings. The number of nitrogens with one attached hydrogen (secondary N) is 1. The van der Waals surface area contributed by atoms with E-state index in [9.17, 15) is 4.79 Å². The summed E-state index contributed by atoms with van der Waals surface area (Å²) in [5.74, 6) is -0.183. The highest BCUT2D eigenvalue weighted by Gasteiger charge is 2.15. The first-order chi connectivity index (χ1) is 7.49. The molecule has 0 aliphatic carbocycles. The van der Waals surface area contributed by atoms with Gasteiger partial charge in [-0.1, -0.05) is 40.2 Å². The highest BCUT2D eigenvalue weighted by molar-refractivity contribution is 5.81. The first-order valence-electron chi connectivity index (χ1n) is 5.99. The first kappa shape index (κ1) is 17.4. The van der Waals surface area contributed by atoms with Crippen molar-refractivity contribution in [2.75, 3.05) is 0 Å². The highest BCUT2D eigenvalue weighted by Crippen LogP contribution is 2.04. The molecule has 0 aromatic carbocycles. The van der Waals surface area contributed by atoms with Crippen molar-refractivity contribution in [2.24, 2.45) is 11.5 Å². The number of amides is 1. The Morgan fingerprint density at radius 2 is 2.00 bits per heavy atom. The van der Waals surface area contributed by atoms with Crippen LogP contribution in [0.4, 0.5) is 0 Å². The number of unbranched alkanes of at least 4 members (excludes halogenated alkanes) is 1. The summed E-state index contributed by atoms with van der Waals surface area (Å²) in [6.07, 6.45) is 2.91. The topological polar surface area (TPSA) is 81.1 Å². The molecule has 0 heterocycles. The molecule has 0 rings (SSSR count). The van der Waals surface area contributed by atoms with Crippen molar-refractivity contribution in [3.8, 4) is 0 Å². The Morgan fingerprint density at radius 3 is 2.31 bits per heavy atom. The van der Waals surface area contributed by atoms with Crippen molar-refractivity contribution in [2.45, 2.75) is 59.0 Å². The van der Waals surface area contributed by atoms with Crippen LogP contribution in [0.1, 0.15) is 51.2 Å². The zero-order chi connectivity index (χ0) is 13.1. The van der Waals surface area contributed by atoms with Crippen molar-refractivity contribution < 1.29 is 9.07 Å². The van der Waals surface area contributed by atoms with E-state index in [-0.39, 0.29) is 16.2 Å². The van der Waals surface area contributed by atoms with Gasteiger partial charge in [-0.05, 0) is 13.3 Å². The molecule has 2 atom stereocenters. The number of hydrogen-bond acceptors (Lipinski definition) is 3. The van der Waals surface area contributed by atoms with E-state index in [0.717, 1.165) is 19.3 Å². The quantitative estimate of drug-likeness (QED) is 0.660. The van der Waals surface area contributed by atoms with E-state index in [1.165, 1.54) is 0 Å². The number of carbonyl (C=O) groups excluding carboxylic acids is 1. The minimum Gasteiger partial charge on any atom is -0.401 e. The molecule has 0 bridgehead atoms. The van der Waals surface area contributed by atoms with E-state index in [1.807, 2.05) is 13.8 Å². The van der Waals surface area contributed by atoms with Gasteiger partial charge in [-0.15, -0.1) is 0 Å². The van der Waals surface area contributed by atoms with Gasteiger partial charge in [0.1, 0.15) is 0 Å². The van der Waals surface area contributed by atoms with Crippen LogP contribution in [0.5, 0.6) is 0 Å². The first-order valence-corrected chi connectivity index (χ1v) is 5.99. The molecule has 0 aliphatic rings. The molecule has 1 amide bonds. The maximum Gasteiger partial charge on any atom is 0.237 e. The van der Waals surface area contributed by atoms with Crippen LogP contribution in [-0.2, 0) is 4.79 Å². The Bertz CT molecular complexity index is 214. The number of carbonyl (C=O) groups is 1. The molecule has 0 unspecified atom stereocenters. The van der Waals surface area contributed by atoms with Gasteiger partial charge in [-0.25, -0.2) is 0 Å². The fraction of sp³-hybridized carbons (Fsp3) is 0.750. The molecule has 0 saturated heterocycles. The Balaban J connectivity index is -0.000000124. The molecule has 0 aromatic rings.